The normalized spacial score (nSPS) is 12.1. The van der Waals surface area contributed by atoms with Gasteiger partial charge in [-0.1, -0.05) is 56.3 Å². The Balaban J connectivity index is 2.45. The average Bonchev–Trinajstić information content (AvgIpc) is 2.53. The summed E-state index contributed by atoms with van der Waals surface area (Å²) in [5.74, 6) is -0.623. The fourth-order valence-electron chi connectivity index (χ4n) is 2.32. The van der Waals surface area contributed by atoms with Crippen molar-refractivity contribution in [3.8, 4) is 0 Å². The van der Waals surface area contributed by atoms with Gasteiger partial charge in [-0.05, 0) is 11.6 Å². The van der Waals surface area contributed by atoms with Crippen LogP contribution in [0.15, 0.2) is 48.5 Å². The Labute approximate surface area is 140 Å². The molecule has 2 rings (SSSR count). The summed E-state index contributed by atoms with van der Waals surface area (Å²) in [7, 11) is 0. The molecule has 23 heavy (non-hydrogen) atoms. The molecule has 0 aliphatic heterocycles. The first-order valence-electron chi connectivity index (χ1n) is 7.34. The number of para-hydroxylation sites is 1. The van der Waals surface area contributed by atoms with Gasteiger partial charge < -0.3 is 11.5 Å². The number of hydrogen-bond donors (Lipinski definition) is 2. The van der Waals surface area contributed by atoms with E-state index in [1.807, 2.05) is 19.9 Å². The van der Waals surface area contributed by atoms with Gasteiger partial charge in [0.2, 0.25) is 5.91 Å². The van der Waals surface area contributed by atoms with E-state index in [4.69, 9.17) is 11.5 Å². The molecule has 0 fully saturated rings. The van der Waals surface area contributed by atoms with Crippen LogP contribution in [0, 0.1) is 0 Å². The van der Waals surface area contributed by atoms with Crippen LogP contribution in [-0.4, -0.2) is 16.9 Å². The number of carbonyl (C=O) groups is 2. The molecule has 0 spiro atoms. The molecule has 0 bridgehead atoms. The van der Waals surface area contributed by atoms with Gasteiger partial charge >= 0.3 is 0 Å². The number of amides is 1. The highest BCUT2D eigenvalue weighted by atomic mass is 32.2. The van der Waals surface area contributed by atoms with E-state index in [1.54, 1.807) is 42.5 Å². The van der Waals surface area contributed by atoms with Crippen LogP contribution in [0.3, 0.4) is 0 Å². The van der Waals surface area contributed by atoms with Crippen molar-refractivity contribution >= 4 is 29.1 Å². The minimum atomic E-state index is -0.571. The molecule has 2 aromatic carbocycles. The van der Waals surface area contributed by atoms with E-state index < -0.39 is 11.2 Å². The number of hydrogen-bond acceptors (Lipinski definition) is 4. The lowest BCUT2D eigenvalue weighted by atomic mass is 9.97. The van der Waals surface area contributed by atoms with E-state index in [9.17, 15) is 9.59 Å². The molecule has 0 heterocycles. The Kier molecular flexibility index (Phi) is 5.45. The SMILES string of the molecule is CC(C)SC(C(N)=O)c1cccc(C(=O)c2ccccc2)c1N. The number of rotatable bonds is 6. The van der Waals surface area contributed by atoms with E-state index in [0.29, 0.717) is 22.4 Å². The van der Waals surface area contributed by atoms with Crippen molar-refractivity contribution in [2.75, 3.05) is 5.73 Å². The summed E-state index contributed by atoms with van der Waals surface area (Å²) in [6, 6.07) is 14.1. The zero-order valence-electron chi connectivity index (χ0n) is 13.2. The molecule has 0 aromatic heterocycles. The summed E-state index contributed by atoms with van der Waals surface area (Å²) in [5, 5.41) is -0.362. The molecule has 120 valence electrons. The second kappa shape index (κ2) is 7.33. The zero-order chi connectivity index (χ0) is 17.0. The molecule has 0 aliphatic rings. The lowest BCUT2D eigenvalue weighted by molar-refractivity contribution is -0.117. The van der Waals surface area contributed by atoms with Crippen molar-refractivity contribution in [2.24, 2.45) is 5.73 Å². The number of primary amides is 1. The van der Waals surface area contributed by atoms with E-state index in [-0.39, 0.29) is 11.0 Å². The molecule has 2 aromatic rings. The highest BCUT2D eigenvalue weighted by molar-refractivity contribution is 8.00. The van der Waals surface area contributed by atoms with Crippen molar-refractivity contribution in [3.05, 3.63) is 65.2 Å². The lowest BCUT2D eigenvalue weighted by Gasteiger charge is -2.19. The molecule has 0 aliphatic carbocycles. The quantitative estimate of drug-likeness (QED) is 0.630. The largest absolute Gasteiger partial charge is 0.398 e. The molecule has 1 atom stereocenters. The van der Waals surface area contributed by atoms with Gasteiger partial charge in [0, 0.05) is 22.1 Å². The van der Waals surface area contributed by atoms with Crippen molar-refractivity contribution < 1.29 is 9.59 Å². The highest BCUT2D eigenvalue weighted by Crippen LogP contribution is 2.36. The number of carbonyl (C=O) groups excluding carboxylic acids is 2. The highest BCUT2D eigenvalue weighted by Gasteiger charge is 2.24. The number of ketones is 1. The molecule has 4 N–H and O–H groups in total. The topological polar surface area (TPSA) is 86.2 Å². The van der Waals surface area contributed by atoms with Gasteiger partial charge in [0.05, 0.1) is 0 Å². The summed E-state index contributed by atoms with van der Waals surface area (Å²) in [6.45, 7) is 3.96. The summed E-state index contributed by atoms with van der Waals surface area (Å²) in [6.07, 6.45) is 0. The fourth-order valence-corrected chi connectivity index (χ4v) is 3.35. The maximum Gasteiger partial charge on any atom is 0.235 e. The van der Waals surface area contributed by atoms with Crippen molar-refractivity contribution in [2.45, 2.75) is 24.3 Å². The van der Waals surface area contributed by atoms with Gasteiger partial charge in [-0.25, -0.2) is 0 Å². The van der Waals surface area contributed by atoms with Crippen LogP contribution in [0.5, 0.6) is 0 Å². The third-order valence-corrected chi connectivity index (χ3v) is 4.67. The number of anilines is 1. The van der Waals surface area contributed by atoms with Crippen LogP contribution in [0.4, 0.5) is 5.69 Å². The van der Waals surface area contributed by atoms with Gasteiger partial charge in [-0.3, -0.25) is 9.59 Å². The van der Waals surface area contributed by atoms with Crippen LogP contribution >= 0.6 is 11.8 Å². The predicted octanol–water partition coefficient (Wildman–Crippen LogP) is 3.17. The Morgan fingerprint density at radius 3 is 2.22 bits per heavy atom. The Bertz CT molecular complexity index is 714. The third-order valence-electron chi connectivity index (χ3n) is 3.37. The minimum absolute atomic E-state index is 0.164. The Hall–Kier alpha value is -2.27. The number of nitrogen functional groups attached to an aromatic ring is 1. The summed E-state index contributed by atoms with van der Waals surface area (Å²) >= 11 is 1.43. The second-order valence-electron chi connectivity index (χ2n) is 5.47. The van der Waals surface area contributed by atoms with Gasteiger partial charge in [0.1, 0.15) is 5.25 Å². The molecular formula is C18H20N2O2S. The van der Waals surface area contributed by atoms with Gasteiger partial charge in [-0.15, -0.1) is 11.8 Å². The van der Waals surface area contributed by atoms with Crippen molar-refractivity contribution in [3.63, 3.8) is 0 Å². The van der Waals surface area contributed by atoms with Gasteiger partial charge in [0.15, 0.2) is 5.78 Å². The first-order chi connectivity index (χ1) is 10.9. The molecule has 1 unspecified atom stereocenters. The van der Waals surface area contributed by atoms with Crippen LogP contribution < -0.4 is 11.5 Å². The summed E-state index contributed by atoms with van der Waals surface area (Å²) in [4.78, 5) is 24.4. The van der Waals surface area contributed by atoms with Crippen LogP contribution in [-0.2, 0) is 4.79 Å². The summed E-state index contributed by atoms with van der Waals surface area (Å²) < 4.78 is 0. The number of thioether (sulfide) groups is 1. The monoisotopic (exact) mass is 328 g/mol. The first-order valence-corrected chi connectivity index (χ1v) is 8.29. The van der Waals surface area contributed by atoms with Gasteiger partial charge in [0.25, 0.3) is 0 Å². The number of nitrogens with two attached hydrogens (primary N) is 2. The number of benzene rings is 2. The Morgan fingerprint density at radius 2 is 1.65 bits per heavy atom. The average molecular weight is 328 g/mol. The minimum Gasteiger partial charge on any atom is -0.398 e. The lowest BCUT2D eigenvalue weighted by Crippen LogP contribution is -2.22. The van der Waals surface area contributed by atoms with E-state index in [1.165, 1.54) is 11.8 Å². The summed E-state index contributed by atoms with van der Waals surface area (Å²) in [5.41, 5.74) is 13.6. The second-order valence-corrected chi connectivity index (χ2v) is 7.16. The first kappa shape index (κ1) is 17.1. The smallest absolute Gasteiger partial charge is 0.235 e. The molecule has 0 radical (unpaired) electrons. The van der Waals surface area contributed by atoms with Crippen molar-refractivity contribution in [1.82, 2.24) is 0 Å². The predicted molar refractivity (Wildman–Crippen MR) is 95.4 cm³/mol. The standard InChI is InChI=1S/C18H20N2O2S/c1-11(2)23-17(18(20)22)14-10-6-9-13(15(14)19)16(21)12-7-4-3-5-8-12/h3-11,17H,19H2,1-2H3,(H2,20,22). The molecular weight excluding hydrogens is 308 g/mol. The van der Waals surface area contributed by atoms with E-state index >= 15 is 0 Å². The Morgan fingerprint density at radius 1 is 1.00 bits per heavy atom. The maximum absolute atomic E-state index is 12.6. The molecule has 0 saturated carbocycles. The fraction of sp³-hybridized carbons (Fsp3) is 0.222. The molecule has 5 heteroatoms. The molecule has 0 saturated heterocycles. The third kappa shape index (κ3) is 3.93. The van der Waals surface area contributed by atoms with E-state index in [0.717, 1.165) is 0 Å². The molecule has 4 nitrogen and oxygen atoms in total. The van der Waals surface area contributed by atoms with E-state index in [2.05, 4.69) is 0 Å². The van der Waals surface area contributed by atoms with Gasteiger partial charge in [-0.2, -0.15) is 0 Å². The zero-order valence-corrected chi connectivity index (χ0v) is 14.0. The van der Waals surface area contributed by atoms with Crippen molar-refractivity contribution in [1.29, 1.82) is 0 Å². The van der Waals surface area contributed by atoms with Crippen LogP contribution in [0.1, 0.15) is 40.6 Å². The van der Waals surface area contributed by atoms with Crippen LogP contribution in [0.2, 0.25) is 0 Å². The van der Waals surface area contributed by atoms with Crippen LogP contribution in [0.25, 0.3) is 0 Å². The maximum atomic E-state index is 12.6. The molecule has 1 amide bonds.